The molecule has 3 heteroatoms. The van der Waals surface area contributed by atoms with Gasteiger partial charge in [0, 0.05) is 13.2 Å². The summed E-state index contributed by atoms with van der Waals surface area (Å²) in [5.74, 6) is 0. The van der Waals surface area contributed by atoms with Gasteiger partial charge in [-0.25, -0.2) is 0 Å². The highest BCUT2D eigenvalue weighted by molar-refractivity contribution is 4.81. The number of hydrogen-bond donors (Lipinski definition) is 0. The highest BCUT2D eigenvalue weighted by Gasteiger charge is 2.11. The van der Waals surface area contributed by atoms with Crippen molar-refractivity contribution in [2.75, 3.05) is 40.5 Å². The van der Waals surface area contributed by atoms with Crippen LogP contribution in [0.3, 0.4) is 0 Å². The predicted molar refractivity (Wildman–Crippen MR) is 161 cm³/mol. The normalized spacial score (nSPS) is 12.8. The Morgan fingerprint density at radius 1 is 0.472 bits per heavy atom. The smallest absolute Gasteiger partial charge is 0.0644 e. The molecule has 0 aliphatic rings. The first-order chi connectivity index (χ1) is 17.7. The van der Waals surface area contributed by atoms with Gasteiger partial charge in [-0.3, -0.25) is 0 Å². The van der Waals surface area contributed by atoms with Crippen molar-refractivity contribution in [1.29, 1.82) is 0 Å². The summed E-state index contributed by atoms with van der Waals surface area (Å²) in [5, 5.41) is 0. The summed E-state index contributed by atoms with van der Waals surface area (Å²) in [7, 11) is 4.26. The average molecular weight is 510 g/mol. The van der Waals surface area contributed by atoms with Gasteiger partial charge in [0.15, 0.2) is 0 Å². The van der Waals surface area contributed by atoms with Crippen LogP contribution in [0.15, 0.2) is 12.2 Å². The van der Waals surface area contributed by atoms with E-state index in [-0.39, 0.29) is 0 Å². The van der Waals surface area contributed by atoms with Gasteiger partial charge in [-0.15, -0.1) is 0 Å². The molecule has 0 saturated carbocycles. The lowest BCUT2D eigenvalue weighted by Crippen LogP contribution is -2.37. The van der Waals surface area contributed by atoms with Gasteiger partial charge in [0.05, 0.1) is 19.3 Å². The van der Waals surface area contributed by atoms with Gasteiger partial charge in [0.25, 0.3) is 0 Å². The predicted octanol–water partition coefficient (Wildman–Crippen LogP) is 10.1. The third kappa shape index (κ3) is 28.2. The maximum Gasteiger partial charge on any atom is 0.0644 e. The molecule has 0 aliphatic heterocycles. The standard InChI is InChI=1S/C33H67NO2/c1-5-7-9-11-12-13-14-15-16-17-18-19-20-21-22-23-24-25-26-28-30-36-32-33(34(3)4)31-35-29-27-10-8-6-2/h15-16,33H,5-14,17-32H2,1-4H3/t33-/m0/s1. The fraction of sp³-hybridized carbons (Fsp3) is 0.939. The van der Waals surface area contributed by atoms with Gasteiger partial charge in [-0.2, -0.15) is 0 Å². The zero-order chi connectivity index (χ0) is 26.4. The molecule has 0 N–H and O–H groups in total. The number of allylic oxidation sites excluding steroid dienone is 2. The van der Waals surface area contributed by atoms with Gasteiger partial charge in [0.1, 0.15) is 0 Å². The van der Waals surface area contributed by atoms with Crippen LogP contribution in [-0.2, 0) is 9.47 Å². The Hall–Kier alpha value is -0.380. The molecule has 0 rings (SSSR count). The lowest BCUT2D eigenvalue weighted by Gasteiger charge is -2.24. The second-order valence-corrected chi connectivity index (χ2v) is 11.2. The van der Waals surface area contributed by atoms with E-state index < -0.39 is 0 Å². The first kappa shape index (κ1) is 35.6. The molecule has 36 heavy (non-hydrogen) atoms. The molecule has 0 aromatic heterocycles. The van der Waals surface area contributed by atoms with E-state index in [1.165, 1.54) is 141 Å². The number of rotatable bonds is 30. The van der Waals surface area contributed by atoms with Crippen LogP contribution < -0.4 is 0 Å². The van der Waals surface area contributed by atoms with Gasteiger partial charge in [-0.1, -0.05) is 129 Å². The van der Waals surface area contributed by atoms with Crippen LogP contribution >= 0.6 is 0 Å². The molecule has 0 aliphatic carbocycles. The summed E-state index contributed by atoms with van der Waals surface area (Å²) >= 11 is 0. The van der Waals surface area contributed by atoms with Crippen molar-refractivity contribution in [1.82, 2.24) is 4.90 Å². The Labute approximate surface area is 228 Å². The quantitative estimate of drug-likeness (QED) is 0.0710. The van der Waals surface area contributed by atoms with Crippen LogP contribution in [0.4, 0.5) is 0 Å². The zero-order valence-corrected chi connectivity index (χ0v) is 25.4. The molecule has 0 heterocycles. The summed E-state index contributed by atoms with van der Waals surface area (Å²) in [5.41, 5.74) is 0. The van der Waals surface area contributed by atoms with E-state index in [2.05, 4.69) is 45.0 Å². The van der Waals surface area contributed by atoms with E-state index in [9.17, 15) is 0 Å². The molecule has 0 spiro atoms. The maximum atomic E-state index is 5.96. The molecule has 0 fully saturated rings. The highest BCUT2D eigenvalue weighted by atomic mass is 16.5. The Bertz CT molecular complexity index is 424. The fourth-order valence-corrected chi connectivity index (χ4v) is 4.57. The van der Waals surface area contributed by atoms with E-state index in [1.54, 1.807) is 0 Å². The van der Waals surface area contributed by atoms with E-state index in [1.807, 2.05) is 0 Å². The van der Waals surface area contributed by atoms with Crippen molar-refractivity contribution < 1.29 is 9.47 Å². The Balaban J connectivity index is 3.31. The van der Waals surface area contributed by atoms with Gasteiger partial charge in [0.2, 0.25) is 0 Å². The van der Waals surface area contributed by atoms with Crippen molar-refractivity contribution in [2.45, 2.75) is 161 Å². The first-order valence-electron chi connectivity index (χ1n) is 16.2. The number of ether oxygens (including phenoxy) is 2. The Morgan fingerprint density at radius 2 is 0.806 bits per heavy atom. The van der Waals surface area contributed by atoms with Crippen LogP contribution in [0.25, 0.3) is 0 Å². The van der Waals surface area contributed by atoms with E-state index in [0.29, 0.717) is 6.04 Å². The number of hydrogen-bond acceptors (Lipinski definition) is 3. The summed E-state index contributed by atoms with van der Waals surface area (Å²) in [6.07, 6.45) is 34.7. The van der Waals surface area contributed by atoms with Crippen molar-refractivity contribution in [3.05, 3.63) is 12.2 Å². The SMILES string of the molecule is CCCCCCCCC=CCCCCCCCCCCCCOC[C@H](COCCCCCC)N(C)C. The van der Waals surface area contributed by atoms with Gasteiger partial charge >= 0.3 is 0 Å². The number of likely N-dealkylation sites (N-methyl/N-ethyl adjacent to an activating group) is 1. The van der Waals surface area contributed by atoms with Crippen molar-refractivity contribution in [3.8, 4) is 0 Å². The van der Waals surface area contributed by atoms with Crippen molar-refractivity contribution in [2.24, 2.45) is 0 Å². The fourth-order valence-electron chi connectivity index (χ4n) is 4.57. The molecule has 0 aromatic carbocycles. The Kier molecular flexibility index (Phi) is 30.5. The second-order valence-electron chi connectivity index (χ2n) is 11.2. The highest BCUT2D eigenvalue weighted by Crippen LogP contribution is 2.12. The molecule has 3 nitrogen and oxygen atoms in total. The number of unbranched alkanes of at least 4 members (excludes halogenated alkanes) is 19. The van der Waals surface area contributed by atoms with Crippen LogP contribution in [0.5, 0.6) is 0 Å². The molecule has 0 amide bonds. The molecule has 0 aromatic rings. The third-order valence-electron chi connectivity index (χ3n) is 7.29. The largest absolute Gasteiger partial charge is 0.380 e. The average Bonchev–Trinajstić information content (AvgIpc) is 2.87. The number of nitrogens with zero attached hydrogens (tertiary/aromatic N) is 1. The molecular formula is C33H67NO2. The maximum absolute atomic E-state index is 5.96. The topological polar surface area (TPSA) is 21.7 Å². The molecular weight excluding hydrogens is 442 g/mol. The lowest BCUT2D eigenvalue weighted by molar-refractivity contribution is 0.0198. The molecule has 1 atom stereocenters. The molecule has 0 saturated heterocycles. The van der Waals surface area contributed by atoms with Gasteiger partial charge < -0.3 is 14.4 Å². The minimum absolute atomic E-state index is 0.373. The first-order valence-corrected chi connectivity index (χ1v) is 16.2. The Morgan fingerprint density at radius 3 is 1.19 bits per heavy atom. The summed E-state index contributed by atoms with van der Waals surface area (Å²) < 4.78 is 11.8. The summed E-state index contributed by atoms with van der Waals surface area (Å²) in [4.78, 5) is 2.24. The second kappa shape index (κ2) is 30.8. The zero-order valence-electron chi connectivity index (χ0n) is 25.4. The molecule has 216 valence electrons. The van der Waals surface area contributed by atoms with Crippen LogP contribution in [0, 0.1) is 0 Å². The third-order valence-corrected chi connectivity index (χ3v) is 7.29. The van der Waals surface area contributed by atoms with Crippen LogP contribution in [0.1, 0.15) is 155 Å². The molecule has 0 bridgehead atoms. The van der Waals surface area contributed by atoms with E-state index in [0.717, 1.165) is 26.4 Å². The minimum Gasteiger partial charge on any atom is -0.380 e. The van der Waals surface area contributed by atoms with Gasteiger partial charge in [-0.05, 0) is 52.6 Å². The lowest BCUT2D eigenvalue weighted by atomic mass is 10.1. The summed E-state index contributed by atoms with van der Waals surface area (Å²) in [6, 6.07) is 0.373. The van der Waals surface area contributed by atoms with Crippen LogP contribution in [0.2, 0.25) is 0 Å². The molecule has 0 unspecified atom stereocenters. The van der Waals surface area contributed by atoms with Crippen molar-refractivity contribution >= 4 is 0 Å². The minimum atomic E-state index is 0.373. The summed E-state index contributed by atoms with van der Waals surface area (Å²) in [6.45, 7) is 7.90. The molecule has 0 radical (unpaired) electrons. The van der Waals surface area contributed by atoms with Crippen molar-refractivity contribution in [3.63, 3.8) is 0 Å². The van der Waals surface area contributed by atoms with Crippen LogP contribution in [-0.4, -0.2) is 51.5 Å². The van der Waals surface area contributed by atoms with E-state index in [4.69, 9.17) is 9.47 Å². The monoisotopic (exact) mass is 510 g/mol. The van der Waals surface area contributed by atoms with E-state index >= 15 is 0 Å².